The van der Waals surface area contributed by atoms with E-state index < -0.39 is 36.2 Å². The summed E-state index contributed by atoms with van der Waals surface area (Å²) in [7, 11) is 0. The third kappa shape index (κ3) is 5.52. The van der Waals surface area contributed by atoms with Crippen molar-refractivity contribution in [2.75, 3.05) is 13.2 Å². The van der Waals surface area contributed by atoms with Crippen molar-refractivity contribution in [2.24, 2.45) is 0 Å². The molecule has 0 aromatic rings. The number of hydrogen-bond acceptors (Lipinski definition) is 9. The largest absolute Gasteiger partial charge is 0.433 e. The zero-order valence-corrected chi connectivity index (χ0v) is 19.2. The number of rotatable bonds is 8. The molecule has 0 aromatic heterocycles. The zero-order chi connectivity index (χ0) is 22.9. The molecule has 0 amide bonds. The van der Waals surface area contributed by atoms with Crippen molar-refractivity contribution >= 4 is 5.97 Å². The molecule has 4 aliphatic rings. The van der Waals surface area contributed by atoms with Gasteiger partial charge in [0.15, 0.2) is 17.7 Å². The maximum Gasteiger partial charge on any atom is 0.308 e. The SMILES string of the molecule is C=C(CCCC(=O)O[C@H]1O[C@H]([C@H]2COC(C)(C)O2)[C@@H]2OC(C)(C)O[C@H]12)ON1C=CC=CC1. The molecular weight excluding hydrogens is 418 g/mol. The number of carbonyl (C=O) groups is 1. The molecule has 32 heavy (non-hydrogen) atoms. The lowest BCUT2D eigenvalue weighted by atomic mass is 10.1. The first-order valence-corrected chi connectivity index (χ1v) is 11.1. The summed E-state index contributed by atoms with van der Waals surface area (Å²) in [6.07, 6.45) is 6.35. The summed E-state index contributed by atoms with van der Waals surface area (Å²) in [6.45, 7) is 12.3. The molecule has 178 valence electrons. The predicted molar refractivity (Wildman–Crippen MR) is 113 cm³/mol. The third-order valence-corrected chi connectivity index (χ3v) is 5.56. The monoisotopic (exact) mass is 451 g/mol. The van der Waals surface area contributed by atoms with Crippen molar-refractivity contribution in [3.05, 3.63) is 36.8 Å². The lowest BCUT2D eigenvalue weighted by molar-refractivity contribution is -0.244. The van der Waals surface area contributed by atoms with Gasteiger partial charge in [0.2, 0.25) is 6.29 Å². The number of carbonyl (C=O) groups excluding carboxylic acids is 1. The number of esters is 1. The van der Waals surface area contributed by atoms with Crippen molar-refractivity contribution in [1.82, 2.24) is 5.06 Å². The molecule has 0 spiro atoms. The van der Waals surface area contributed by atoms with Crippen molar-refractivity contribution in [3.63, 3.8) is 0 Å². The van der Waals surface area contributed by atoms with E-state index in [1.54, 1.807) is 5.06 Å². The number of hydrogen-bond donors (Lipinski definition) is 0. The van der Waals surface area contributed by atoms with Crippen LogP contribution in [0.25, 0.3) is 0 Å². The highest BCUT2D eigenvalue weighted by Gasteiger charge is 2.60. The van der Waals surface area contributed by atoms with Crippen molar-refractivity contribution in [1.29, 1.82) is 0 Å². The second-order valence-corrected chi connectivity index (χ2v) is 9.24. The lowest BCUT2D eigenvalue weighted by Crippen LogP contribution is -2.40. The van der Waals surface area contributed by atoms with E-state index in [0.29, 0.717) is 31.8 Å². The highest BCUT2D eigenvalue weighted by molar-refractivity contribution is 5.69. The molecule has 4 heterocycles. The Balaban J connectivity index is 1.26. The molecule has 0 N–H and O–H groups in total. The smallest absolute Gasteiger partial charge is 0.308 e. The Hall–Kier alpha value is -1.91. The minimum atomic E-state index is -0.865. The van der Waals surface area contributed by atoms with Gasteiger partial charge in [0.25, 0.3) is 0 Å². The van der Waals surface area contributed by atoms with E-state index in [4.69, 9.17) is 33.3 Å². The summed E-state index contributed by atoms with van der Waals surface area (Å²) in [6, 6.07) is 0. The van der Waals surface area contributed by atoms with Crippen LogP contribution in [0.5, 0.6) is 0 Å². The average Bonchev–Trinajstić information content (AvgIpc) is 3.33. The normalized spacial score (nSPS) is 34.5. The fourth-order valence-corrected chi connectivity index (χ4v) is 4.21. The second kappa shape index (κ2) is 9.15. The maximum absolute atomic E-state index is 12.5. The molecule has 9 heteroatoms. The van der Waals surface area contributed by atoms with E-state index in [0.717, 1.165) is 0 Å². The first kappa shape index (κ1) is 23.3. The summed E-state index contributed by atoms with van der Waals surface area (Å²) in [5.74, 6) is -1.28. The molecule has 4 aliphatic heterocycles. The summed E-state index contributed by atoms with van der Waals surface area (Å²) < 4.78 is 35.3. The van der Waals surface area contributed by atoms with Crippen LogP contribution in [0.15, 0.2) is 36.8 Å². The topological polar surface area (TPSA) is 84.9 Å². The van der Waals surface area contributed by atoms with E-state index >= 15 is 0 Å². The standard InChI is InChI=1S/C23H33NO8/c1-15(32-24-12-7-6-8-13-24)10-9-11-17(25)27-21-20-19(30-23(4,5)31-20)18(28-21)16-14-26-22(2,3)29-16/h6-8,12,16,18-21H,1,9-11,13-14H2,2-5H3/t16-,18-,19+,20+,21+/m1/s1. The fraction of sp³-hybridized carbons (Fsp3) is 0.696. The van der Waals surface area contributed by atoms with Gasteiger partial charge in [-0.2, -0.15) is 0 Å². The van der Waals surface area contributed by atoms with Crippen molar-refractivity contribution < 1.29 is 38.1 Å². The van der Waals surface area contributed by atoms with Crippen LogP contribution in [0.3, 0.4) is 0 Å². The summed E-state index contributed by atoms with van der Waals surface area (Å²) in [5.41, 5.74) is 0. The van der Waals surface area contributed by atoms with E-state index in [9.17, 15) is 4.79 Å². The first-order chi connectivity index (χ1) is 15.1. The highest BCUT2D eigenvalue weighted by Crippen LogP contribution is 2.42. The van der Waals surface area contributed by atoms with Crippen LogP contribution < -0.4 is 0 Å². The Morgan fingerprint density at radius 1 is 1.06 bits per heavy atom. The highest BCUT2D eigenvalue weighted by atomic mass is 16.8. The van der Waals surface area contributed by atoms with Gasteiger partial charge in [0.1, 0.15) is 24.1 Å². The van der Waals surface area contributed by atoms with Gasteiger partial charge in [-0.3, -0.25) is 4.79 Å². The zero-order valence-electron chi connectivity index (χ0n) is 19.2. The minimum Gasteiger partial charge on any atom is -0.433 e. The molecule has 4 rings (SSSR count). The molecule has 9 nitrogen and oxygen atoms in total. The summed E-state index contributed by atoms with van der Waals surface area (Å²) >= 11 is 0. The molecule has 5 atom stereocenters. The molecule has 3 fully saturated rings. The van der Waals surface area contributed by atoms with Crippen LogP contribution in [0.1, 0.15) is 47.0 Å². The number of allylic oxidation sites excluding steroid dienone is 3. The third-order valence-electron chi connectivity index (χ3n) is 5.56. The van der Waals surface area contributed by atoms with Gasteiger partial charge in [-0.1, -0.05) is 18.7 Å². The van der Waals surface area contributed by atoms with E-state index in [1.165, 1.54) is 0 Å². The molecule has 3 saturated heterocycles. The van der Waals surface area contributed by atoms with Crippen LogP contribution in [0.4, 0.5) is 0 Å². The molecular formula is C23H33NO8. The predicted octanol–water partition coefficient (Wildman–Crippen LogP) is 2.93. The van der Waals surface area contributed by atoms with Gasteiger partial charge in [-0.15, -0.1) is 0 Å². The fourth-order valence-electron chi connectivity index (χ4n) is 4.21. The number of fused-ring (bicyclic) bond motifs is 1. The van der Waals surface area contributed by atoms with Crippen LogP contribution in [0, 0.1) is 0 Å². The van der Waals surface area contributed by atoms with Gasteiger partial charge < -0.3 is 33.3 Å². The van der Waals surface area contributed by atoms with Crippen LogP contribution in [-0.2, 0) is 38.1 Å². The van der Waals surface area contributed by atoms with Gasteiger partial charge in [0.05, 0.1) is 13.2 Å². The maximum atomic E-state index is 12.5. The van der Waals surface area contributed by atoms with Gasteiger partial charge in [-0.05, 0) is 40.2 Å². The van der Waals surface area contributed by atoms with E-state index in [2.05, 4.69) is 6.58 Å². The van der Waals surface area contributed by atoms with Crippen LogP contribution in [0.2, 0.25) is 0 Å². The van der Waals surface area contributed by atoms with Crippen molar-refractivity contribution in [3.8, 4) is 0 Å². The Labute approximate surface area is 188 Å². The van der Waals surface area contributed by atoms with Gasteiger partial charge in [-0.25, -0.2) is 5.06 Å². The summed E-state index contributed by atoms with van der Waals surface area (Å²) in [5, 5.41) is 1.68. The van der Waals surface area contributed by atoms with Gasteiger partial charge >= 0.3 is 5.97 Å². The summed E-state index contributed by atoms with van der Waals surface area (Å²) in [4.78, 5) is 18.1. The van der Waals surface area contributed by atoms with Crippen LogP contribution >= 0.6 is 0 Å². The number of nitrogens with zero attached hydrogens (tertiary/aromatic N) is 1. The first-order valence-electron chi connectivity index (χ1n) is 11.1. The molecule has 0 aliphatic carbocycles. The molecule has 0 radical (unpaired) electrons. The molecule has 0 aromatic carbocycles. The second-order valence-electron chi connectivity index (χ2n) is 9.24. The quantitative estimate of drug-likeness (QED) is 0.408. The molecule has 0 bridgehead atoms. The Bertz CT molecular complexity index is 776. The Morgan fingerprint density at radius 2 is 1.84 bits per heavy atom. The number of hydroxylamine groups is 2. The molecule has 0 unspecified atom stereocenters. The molecule has 0 saturated carbocycles. The van der Waals surface area contributed by atoms with Gasteiger partial charge in [0, 0.05) is 19.0 Å². The average molecular weight is 452 g/mol. The minimum absolute atomic E-state index is 0.209. The van der Waals surface area contributed by atoms with Crippen LogP contribution in [-0.4, -0.2) is 66.5 Å². The van der Waals surface area contributed by atoms with E-state index in [1.807, 2.05) is 52.1 Å². The Morgan fingerprint density at radius 3 is 2.53 bits per heavy atom. The lowest BCUT2D eigenvalue weighted by Gasteiger charge is -2.26. The van der Waals surface area contributed by atoms with E-state index in [-0.39, 0.29) is 18.5 Å². The Kier molecular flexibility index (Phi) is 6.65. The van der Waals surface area contributed by atoms with Crippen molar-refractivity contribution in [2.45, 2.75) is 89.2 Å². The number of ether oxygens (including phenoxy) is 6.